The average Bonchev–Trinajstić information content (AvgIpc) is 3.56. The zero-order valence-electron chi connectivity index (χ0n) is 25.5. The smallest absolute Gasteiger partial charge is 0.330 e. The summed E-state index contributed by atoms with van der Waals surface area (Å²) in [4.78, 5) is 37.4. The summed E-state index contributed by atoms with van der Waals surface area (Å²) >= 11 is 0. The van der Waals surface area contributed by atoms with Crippen LogP contribution in [0.2, 0.25) is 0 Å². The van der Waals surface area contributed by atoms with Crippen molar-refractivity contribution in [2.75, 3.05) is 13.2 Å². The van der Waals surface area contributed by atoms with Gasteiger partial charge in [0.2, 0.25) is 0 Å². The second-order valence-corrected chi connectivity index (χ2v) is 14.9. The molecular formula is C33H46O8. The average molecular weight is 571 g/mol. The van der Waals surface area contributed by atoms with Crippen molar-refractivity contribution in [1.82, 2.24) is 0 Å². The van der Waals surface area contributed by atoms with Gasteiger partial charge in [-0.2, -0.15) is 0 Å². The maximum Gasteiger partial charge on any atom is 0.330 e. The first-order chi connectivity index (χ1) is 19.2. The molecule has 4 aliphatic carbocycles. The molecule has 6 aliphatic rings. The van der Waals surface area contributed by atoms with Crippen LogP contribution < -0.4 is 0 Å². The van der Waals surface area contributed by atoms with Crippen LogP contribution in [-0.4, -0.2) is 60.6 Å². The number of rotatable bonds is 4. The Hall–Kier alpha value is -2.19. The van der Waals surface area contributed by atoms with Crippen molar-refractivity contribution in [2.45, 2.75) is 105 Å². The Morgan fingerprint density at radius 2 is 1.83 bits per heavy atom. The molecule has 12 atom stereocenters. The molecule has 0 radical (unpaired) electrons. The zero-order valence-corrected chi connectivity index (χ0v) is 25.5. The number of aliphatic hydroxyl groups is 1. The summed E-state index contributed by atoms with van der Waals surface area (Å²) in [5, 5.41) is 12.4. The van der Waals surface area contributed by atoms with E-state index in [4.69, 9.17) is 18.9 Å². The van der Waals surface area contributed by atoms with Crippen molar-refractivity contribution < 1.29 is 38.4 Å². The monoisotopic (exact) mass is 570 g/mol. The van der Waals surface area contributed by atoms with E-state index < -0.39 is 46.6 Å². The number of cyclic esters (lactones) is 1. The van der Waals surface area contributed by atoms with Gasteiger partial charge in [-0.3, -0.25) is 9.59 Å². The van der Waals surface area contributed by atoms with E-state index in [1.807, 2.05) is 13.8 Å². The van der Waals surface area contributed by atoms with Crippen LogP contribution in [0.1, 0.15) is 80.6 Å². The van der Waals surface area contributed by atoms with Crippen LogP contribution >= 0.6 is 0 Å². The Balaban J connectivity index is 1.44. The second-order valence-electron chi connectivity index (χ2n) is 14.9. The molecule has 2 saturated heterocycles. The van der Waals surface area contributed by atoms with Crippen molar-refractivity contribution in [3.05, 3.63) is 23.3 Å². The van der Waals surface area contributed by atoms with Crippen molar-refractivity contribution >= 4 is 17.9 Å². The van der Waals surface area contributed by atoms with Gasteiger partial charge in [0.05, 0.1) is 31.8 Å². The lowest BCUT2D eigenvalue weighted by Crippen LogP contribution is -2.73. The molecule has 8 nitrogen and oxygen atoms in total. The summed E-state index contributed by atoms with van der Waals surface area (Å²) in [7, 11) is 0. The van der Waals surface area contributed by atoms with E-state index in [1.54, 1.807) is 0 Å². The van der Waals surface area contributed by atoms with Crippen LogP contribution in [0.3, 0.4) is 0 Å². The van der Waals surface area contributed by atoms with E-state index in [9.17, 15) is 19.5 Å². The van der Waals surface area contributed by atoms with Crippen LogP contribution in [0.25, 0.3) is 0 Å². The van der Waals surface area contributed by atoms with Gasteiger partial charge in [0.25, 0.3) is 0 Å². The topological polar surface area (TPSA) is 108 Å². The minimum Gasteiger partial charge on any atom is -0.465 e. The van der Waals surface area contributed by atoms with Gasteiger partial charge < -0.3 is 24.1 Å². The minimum absolute atomic E-state index is 0.00888. The summed E-state index contributed by atoms with van der Waals surface area (Å²) in [6, 6.07) is 0. The maximum absolute atomic E-state index is 13.1. The number of carbonyl (C=O) groups excluding carboxylic acids is 3. The van der Waals surface area contributed by atoms with Gasteiger partial charge in [0.15, 0.2) is 0 Å². The van der Waals surface area contributed by atoms with Crippen LogP contribution in [0, 0.1) is 45.3 Å². The lowest BCUT2D eigenvalue weighted by atomic mass is 9.36. The third kappa shape index (κ3) is 3.88. The third-order valence-corrected chi connectivity index (χ3v) is 12.5. The number of hydrogen-bond donors (Lipinski definition) is 1. The summed E-state index contributed by atoms with van der Waals surface area (Å²) in [5.41, 5.74) is 0.279. The summed E-state index contributed by atoms with van der Waals surface area (Å²) in [6.07, 6.45) is 5.05. The van der Waals surface area contributed by atoms with Gasteiger partial charge >= 0.3 is 17.9 Å². The number of esters is 3. The van der Waals surface area contributed by atoms with Gasteiger partial charge in [0.1, 0.15) is 12.2 Å². The molecule has 0 aromatic carbocycles. The third-order valence-electron chi connectivity index (χ3n) is 12.5. The highest BCUT2D eigenvalue weighted by molar-refractivity contribution is 5.82. The van der Waals surface area contributed by atoms with Crippen LogP contribution in [-0.2, 0) is 33.3 Å². The largest absolute Gasteiger partial charge is 0.465 e. The predicted molar refractivity (Wildman–Crippen MR) is 149 cm³/mol. The fraction of sp³-hybridized carbons (Fsp3) is 0.788. The maximum atomic E-state index is 13.1. The van der Waals surface area contributed by atoms with E-state index in [-0.39, 0.29) is 41.0 Å². The highest BCUT2D eigenvalue weighted by Crippen LogP contribution is 2.75. The van der Waals surface area contributed by atoms with E-state index in [2.05, 4.69) is 33.8 Å². The Labute approximate surface area is 243 Å². The molecule has 226 valence electrons. The quantitative estimate of drug-likeness (QED) is 0.227. The Kier molecular flexibility index (Phi) is 6.63. The summed E-state index contributed by atoms with van der Waals surface area (Å²) in [6.45, 7) is 14.8. The van der Waals surface area contributed by atoms with Crippen molar-refractivity contribution in [3.63, 3.8) is 0 Å². The standard InChI is InChI=1S/C33H46O8/c1-17(2)12-26(36)41-24-14-23(40-18(3)34)31(5)16-39-27-28(31)33(24,7)22-10-11-30(4)20(19-13-25(35)38-15-19)8-9-21(30)32(22,6)29(27)37/h9,12,19-20,22-24,27-29,37H,8,10-11,13-16H2,1-7H3/t19-,20+,22-,23+,24-,27-,28-,29+,30+,31+,32-,33-/m0/s1. The molecule has 5 fully saturated rings. The fourth-order valence-corrected chi connectivity index (χ4v) is 11.0. The lowest BCUT2D eigenvalue weighted by molar-refractivity contribution is -0.263. The Morgan fingerprint density at radius 1 is 1.10 bits per heavy atom. The molecule has 0 bridgehead atoms. The SMILES string of the molecule is CC(=O)O[C@@H]1C[C@H](OC(=O)C=C(C)C)[C@@]2(C)[C@H]3[C@H](OC[C@]13C)[C@@H](O)[C@@]1(C)C3=CC[C@H]([C@@H]4COC(=O)C4)[C@@]3(C)CC[C@@H]12. The lowest BCUT2D eigenvalue weighted by Gasteiger charge is -2.69. The van der Waals surface area contributed by atoms with E-state index in [0.29, 0.717) is 26.1 Å². The molecule has 41 heavy (non-hydrogen) atoms. The van der Waals surface area contributed by atoms with E-state index in [1.165, 1.54) is 18.6 Å². The number of fused-ring (bicyclic) bond motifs is 4. The number of carbonyl (C=O) groups is 3. The Bertz CT molecular complexity index is 1220. The van der Waals surface area contributed by atoms with Crippen molar-refractivity contribution in [1.29, 1.82) is 0 Å². The molecule has 2 aliphatic heterocycles. The van der Waals surface area contributed by atoms with Gasteiger partial charge in [-0.05, 0) is 50.4 Å². The summed E-state index contributed by atoms with van der Waals surface area (Å²) in [5.74, 6) is -0.596. The van der Waals surface area contributed by atoms with E-state index >= 15 is 0 Å². The van der Waals surface area contributed by atoms with Crippen LogP contribution in [0.15, 0.2) is 23.3 Å². The van der Waals surface area contributed by atoms with Crippen molar-refractivity contribution in [2.24, 2.45) is 45.3 Å². The molecule has 0 unspecified atom stereocenters. The van der Waals surface area contributed by atoms with Gasteiger partial charge in [-0.25, -0.2) is 4.79 Å². The number of hydrogen-bond acceptors (Lipinski definition) is 8. The Morgan fingerprint density at radius 3 is 2.46 bits per heavy atom. The minimum atomic E-state index is -0.774. The first kappa shape index (κ1) is 28.9. The second kappa shape index (κ2) is 9.40. The summed E-state index contributed by atoms with van der Waals surface area (Å²) < 4.78 is 24.2. The molecule has 2 heterocycles. The first-order valence-electron chi connectivity index (χ1n) is 15.4. The molecule has 0 aromatic rings. The van der Waals surface area contributed by atoms with Crippen molar-refractivity contribution in [3.8, 4) is 0 Å². The highest BCUT2D eigenvalue weighted by atomic mass is 16.6. The molecule has 1 N–H and O–H groups in total. The number of allylic oxidation sites excluding steroid dienone is 2. The number of aliphatic hydroxyl groups excluding tert-OH is 1. The molecule has 3 saturated carbocycles. The van der Waals surface area contributed by atoms with Gasteiger partial charge in [-0.1, -0.05) is 44.9 Å². The number of ether oxygens (including phenoxy) is 4. The molecule has 0 spiro atoms. The fourth-order valence-electron chi connectivity index (χ4n) is 11.0. The molecular weight excluding hydrogens is 524 g/mol. The predicted octanol–water partition coefficient (Wildman–Crippen LogP) is 4.53. The zero-order chi connectivity index (χ0) is 29.7. The molecule has 0 amide bonds. The normalized spacial score (nSPS) is 49.7. The highest BCUT2D eigenvalue weighted by Gasteiger charge is 2.77. The van der Waals surface area contributed by atoms with Crippen LogP contribution in [0.5, 0.6) is 0 Å². The van der Waals surface area contributed by atoms with Gasteiger partial charge in [0, 0.05) is 47.5 Å². The molecule has 8 heteroatoms. The van der Waals surface area contributed by atoms with Gasteiger partial charge in [-0.15, -0.1) is 0 Å². The van der Waals surface area contributed by atoms with E-state index in [0.717, 1.165) is 24.8 Å². The molecule has 0 aromatic heterocycles. The first-order valence-corrected chi connectivity index (χ1v) is 15.4. The van der Waals surface area contributed by atoms with Crippen LogP contribution in [0.4, 0.5) is 0 Å². The molecule has 6 rings (SSSR count).